The number of piperidine rings is 1. The van der Waals surface area contributed by atoms with Crippen molar-refractivity contribution in [3.8, 4) is 17.2 Å². The molecule has 0 aliphatic carbocycles. The van der Waals surface area contributed by atoms with Crippen LogP contribution in [-0.2, 0) is 0 Å². The van der Waals surface area contributed by atoms with Crippen molar-refractivity contribution in [3.05, 3.63) is 23.4 Å². The third-order valence-electron chi connectivity index (χ3n) is 4.34. The fourth-order valence-corrected chi connectivity index (χ4v) is 3.24. The largest absolute Gasteiger partial charge is 0.493 e. The van der Waals surface area contributed by atoms with Crippen LogP contribution in [0.3, 0.4) is 0 Å². The number of nitrogens with zero attached hydrogens (tertiary/aromatic N) is 1. The van der Waals surface area contributed by atoms with Gasteiger partial charge in [-0.25, -0.2) is 0 Å². The normalized spacial score (nSPS) is 25.5. The number of hydrogen-bond acceptors (Lipinski definition) is 5. The zero-order valence-electron chi connectivity index (χ0n) is 12.6. The second-order valence-electron chi connectivity index (χ2n) is 5.47. The SMILES string of the molecule is COc1cc(/C=C2/[C@@H](O)[C@H]3CCN2C3)cc(OC)c1OC. The van der Waals surface area contributed by atoms with E-state index >= 15 is 0 Å². The second kappa shape index (κ2) is 5.48. The van der Waals surface area contributed by atoms with Crippen molar-refractivity contribution < 1.29 is 19.3 Å². The second-order valence-corrected chi connectivity index (χ2v) is 5.47. The van der Waals surface area contributed by atoms with E-state index in [-0.39, 0.29) is 6.10 Å². The predicted molar refractivity (Wildman–Crippen MR) is 79.8 cm³/mol. The molecule has 0 aromatic heterocycles. The van der Waals surface area contributed by atoms with Crippen LogP contribution in [0.4, 0.5) is 0 Å². The summed E-state index contributed by atoms with van der Waals surface area (Å²) in [6.45, 7) is 1.98. The van der Waals surface area contributed by atoms with Crippen LogP contribution in [0, 0.1) is 5.92 Å². The van der Waals surface area contributed by atoms with Gasteiger partial charge in [0, 0.05) is 24.7 Å². The molecule has 1 N–H and O–H groups in total. The van der Waals surface area contributed by atoms with Crippen molar-refractivity contribution in [1.29, 1.82) is 0 Å². The first-order valence-corrected chi connectivity index (χ1v) is 7.12. The molecule has 2 aliphatic heterocycles. The summed E-state index contributed by atoms with van der Waals surface area (Å²) in [5, 5.41) is 10.3. The lowest BCUT2D eigenvalue weighted by molar-refractivity contribution is 0.153. The van der Waals surface area contributed by atoms with Crippen molar-refractivity contribution >= 4 is 6.08 Å². The molecule has 0 amide bonds. The van der Waals surface area contributed by atoms with E-state index in [1.165, 1.54) is 0 Å². The lowest BCUT2D eigenvalue weighted by atomic mass is 9.99. The van der Waals surface area contributed by atoms with Crippen LogP contribution in [0.5, 0.6) is 17.2 Å². The van der Waals surface area contributed by atoms with Crippen molar-refractivity contribution in [2.24, 2.45) is 5.92 Å². The lowest BCUT2D eigenvalue weighted by Gasteiger charge is -2.23. The van der Waals surface area contributed by atoms with Crippen LogP contribution in [-0.4, -0.2) is 50.5 Å². The molecule has 1 aromatic carbocycles. The number of aliphatic hydroxyl groups excluding tert-OH is 1. The van der Waals surface area contributed by atoms with Gasteiger partial charge in [0.2, 0.25) is 5.75 Å². The molecular weight excluding hydrogens is 270 g/mol. The van der Waals surface area contributed by atoms with Gasteiger partial charge in [0.15, 0.2) is 11.5 Å². The highest BCUT2D eigenvalue weighted by atomic mass is 16.5. The zero-order valence-corrected chi connectivity index (χ0v) is 12.6. The Balaban J connectivity index is 1.99. The van der Waals surface area contributed by atoms with Crippen LogP contribution >= 0.6 is 0 Å². The molecular formula is C16H21NO4. The Morgan fingerprint density at radius 1 is 1.14 bits per heavy atom. The van der Waals surface area contributed by atoms with Crippen LogP contribution in [0.25, 0.3) is 6.08 Å². The fraction of sp³-hybridized carbons (Fsp3) is 0.500. The first-order valence-electron chi connectivity index (χ1n) is 7.12. The molecule has 2 bridgehead atoms. The minimum Gasteiger partial charge on any atom is -0.493 e. The van der Waals surface area contributed by atoms with Gasteiger partial charge < -0.3 is 24.2 Å². The van der Waals surface area contributed by atoms with E-state index in [0.29, 0.717) is 23.2 Å². The summed E-state index contributed by atoms with van der Waals surface area (Å²) in [4.78, 5) is 2.25. The van der Waals surface area contributed by atoms with Gasteiger partial charge in [0.05, 0.1) is 27.4 Å². The zero-order chi connectivity index (χ0) is 15.0. The van der Waals surface area contributed by atoms with E-state index in [4.69, 9.17) is 14.2 Å². The first-order chi connectivity index (χ1) is 10.2. The maximum absolute atomic E-state index is 10.3. The average molecular weight is 291 g/mol. The van der Waals surface area contributed by atoms with Crippen molar-refractivity contribution in [3.63, 3.8) is 0 Å². The van der Waals surface area contributed by atoms with E-state index in [9.17, 15) is 5.11 Å². The topological polar surface area (TPSA) is 51.2 Å². The number of fused-ring (bicyclic) bond motifs is 2. The van der Waals surface area contributed by atoms with Gasteiger partial charge in [-0.3, -0.25) is 0 Å². The Labute approximate surface area is 124 Å². The standard InChI is InChI=1S/C16H21NO4/c1-19-13-7-10(8-14(20-2)16(13)21-3)6-12-15(18)11-4-5-17(12)9-11/h6-8,11,15,18H,4-5,9H2,1-3H3/b12-6-/t11-,15-/m0/s1. The Bertz CT molecular complexity index is 540. The molecule has 2 heterocycles. The third-order valence-corrected chi connectivity index (χ3v) is 4.34. The molecule has 21 heavy (non-hydrogen) atoms. The minimum absolute atomic E-state index is 0.363. The quantitative estimate of drug-likeness (QED) is 0.916. The summed E-state index contributed by atoms with van der Waals surface area (Å²) in [6, 6.07) is 3.79. The summed E-state index contributed by atoms with van der Waals surface area (Å²) in [6.07, 6.45) is 2.72. The lowest BCUT2D eigenvalue weighted by Crippen LogP contribution is -2.24. The van der Waals surface area contributed by atoms with Gasteiger partial charge in [-0.2, -0.15) is 0 Å². The van der Waals surface area contributed by atoms with Crippen LogP contribution < -0.4 is 14.2 Å². The summed E-state index contributed by atoms with van der Waals surface area (Å²) in [7, 11) is 4.79. The van der Waals surface area contributed by atoms with E-state index < -0.39 is 0 Å². The molecule has 5 nitrogen and oxygen atoms in total. The number of hydrogen-bond donors (Lipinski definition) is 1. The summed E-state index contributed by atoms with van der Waals surface area (Å²) in [5.74, 6) is 2.20. The summed E-state index contributed by atoms with van der Waals surface area (Å²) < 4.78 is 16.0. The molecule has 5 heteroatoms. The molecule has 2 aliphatic rings. The molecule has 3 rings (SSSR count). The summed E-state index contributed by atoms with van der Waals surface area (Å²) >= 11 is 0. The van der Waals surface area contributed by atoms with Crippen molar-refractivity contribution in [2.45, 2.75) is 12.5 Å². The fourth-order valence-electron chi connectivity index (χ4n) is 3.24. The smallest absolute Gasteiger partial charge is 0.203 e. The Kier molecular flexibility index (Phi) is 3.68. The minimum atomic E-state index is -0.363. The molecule has 0 unspecified atom stereocenters. The molecule has 1 aromatic rings. The molecule has 0 saturated carbocycles. The van der Waals surface area contributed by atoms with Crippen LogP contribution in [0.15, 0.2) is 17.8 Å². The highest BCUT2D eigenvalue weighted by Crippen LogP contribution is 2.41. The number of ether oxygens (including phenoxy) is 3. The van der Waals surface area contributed by atoms with Gasteiger partial charge in [-0.1, -0.05) is 0 Å². The monoisotopic (exact) mass is 291 g/mol. The molecule has 114 valence electrons. The summed E-state index contributed by atoms with van der Waals surface area (Å²) in [5.41, 5.74) is 1.92. The molecule has 2 fully saturated rings. The van der Waals surface area contributed by atoms with Gasteiger partial charge >= 0.3 is 0 Å². The van der Waals surface area contributed by atoms with Gasteiger partial charge in [0.25, 0.3) is 0 Å². The van der Waals surface area contributed by atoms with Crippen molar-refractivity contribution in [2.75, 3.05) is 34.4 Å². The van der Waals surface area contributed by atoms with E-state index in [1.54, 1.807) is 21.3 Å². The van der Waals surface area contributed by atoms with Crippen LogP contribution in [0.2, 0.25) is 0 Å². The predicted octanol–water partition coefficient (Wildman–Crippen LogP) is 1.75. The molecule has 0 spiro atoms. The Morgan fingerprint density at radius 3 is 2.29 bits per heavy atom. The van der Waals surface area contributed by atoms with Gasteiger partial charge in [-0.05, 0) is 30.2 Å². The number of rotatable bonds is 4. The molecule has 2 atom stereocenters. The maximum atomic E-state index is 10.3. The number of aliphatic hydroxyl groups is 1. The number of benzene rings is 1. The third kappa shape index (κ3) is 2.31. The Morgan fingerprint density at radius 2 is 1.81 bits per heavy atom. The molecule has 2 saturated heterocycles. The van der Waals surface area contributed by atoms with Gasteiger partial charge in [0.1, 0.15) is 0 Å². The van der Waals surface area contributed by atoms with Crippen LogP contribution in [0.1, 0.15) is 12.0 Å². The first kappa shape index (κ1) is 14.1. The van der Waals surface area contributed by atoms with E-state index in [0.717, 1.165) is 30.8 Å². The van der Waals surface area contributed by atoms with E-state index in [1.807, 2.05) is 18.2 Å². The average Bonchev–Trinajstić information content (AvgIpc) is 3.09. The maximum Gasteiger partial charge on any atom is 0.203 e. The Hall–Kier alpha value is -1.88. The highest BCUT2D eigenvalue weighted by Gasteiger charge is 2.40. The van der Waals surface area contributed by atoms with Gasteiger partial charge in [-0.15, -0.1) is 0 Å². The molecule has 0 radical (unpaired) electrons. The number of methoxy groups -OCH3 is 3. The van der Waals surface area contributed by atoms with Crippen molar-refractivity contribution in [1.82, 2.24) is 4.90 Å². The highest BCUT2D eigenvalue weighted by molar-refractivity contribution is 5.64. The van der Waals surface area contributed by atoms with E-state index in [2.05, 4.69) is 4.90 Å².